The summed E-state index contributed by atoms with van der Waals surface area (Å²) >= 11 is 0. The van der Waals surface area contributed by atoms with Gasteiger partial charge in [0.05, 0.1) is 12.5 Å². The van der Waals surface area contributed by atoms with Crippen LogP contribution < -0.4 is 16.0 Å². The van der Waals surface area contributed by atoms with E-state index in [4.69, 9.17) is 4.74 Å². The Morgan fingerprint density at radius 3 is 2.48 bits per heavy atom. The van der Waals surface area contributed by atoms with Crippen molar-refractivity contribution in [3.8, 4) is 0 Å². The molecule has 1 unspecified atom stereocenters. The lowest BCUT2D eigenvalue weighted by molar-refractivity contribution is -0.148. The fraction of sp³-hybridized carbons (Fsp3) is 0.524. The minimum absolute atomic E-state index is 0.132. The molecule has 1 saturated carbocycles. The number of carbonyl (C=O) groups is 4. The summed E-state index contributed by atoms with van der Waals surface area (Å²) in [5.41, 5.74) is 0.122. The van der Waals surface area contributed by atoms with Crippen LogP contribution in [-0.4, -0.2) is 42.5 Å². The molecule has 1 aromatic carbocycles. The molecule has 1 atom stereocenters. The van der Waals surface area contributed by atoms with Crippen molar-refractivity contribution in [3.63, 3.8) is 0 Å². The van der Waals surface area contributed by atoms with Crippen LogP contribution in [0.1, 0.15) is 38.2 Å². The number of esters is 1. The summed E-state index contributed by atoms with van der Waals surface area (Å²) in [5, 5.41) is 7.84. The number of rotatable bonds is 7. The molecule has 156 valence electrons. The van der Waals surface area contributed by atoms with E-state index in [1.807, 2.05) is 30.3 Å². The van der Waals surface area contributed by atoms with Crippen molar-refractivity contribution in [3.05, 3.63) is 35.9 Å². The normalized spacial score (nSPS) is 24.5. The standard InChI is InChI=1S/C21H27N3O5/c1-2-29-18(26)16(12-14-6-4-3-5-7-14)13-22-17(25)15-8-10-21(11-9-15)19(27)23-20(28)24-21/h3-7,15-16H,2,8-13H2,1H3,(H,22,25)(H2,23,24,27,28). The molecule has 1 saturated heterocycles. The minimum atomic E-state index is -0.880. The van der Waals surface area contributed by atoms with Crippen molar-refractivity contribution in [2.45, 2.75) is 44.6 Å². The molecule has 8 nitrogen and oxygen atoms in total. The number of ether oxygens (including phenoxy) is 1. The van der Waals surface area contributed by atoms with Gasteiger partial charge in [-0.1, -0.05) is 30.3 Å². The second-order valence-corrected chi connectivity index (χ2v) is 7.65. The lowest BCUT2D eigenvalue weighted by atomic mass is 9.76. The van der Waals surface area contributed by atoms with Crippen molar-refractivity contribution >= 4 is 23.8 Å². The van der Waals surface area contributed by atoms with Gasteiger partial charge in [-0.15, -0.1) is 0 Å². The Bertz CT molecular complexity index is 772. The smallest absolute Gasteiger partial charge is 0.322 e. The van der Waals surface area contributed by atoms with Crippen LogP contribution in [0, 0.1) is 11.8 Å². The van der Waals surface area contributed by atoms with Crippen molar-refractivity contribution in [2.75, 3.05) is 13.2 Å². The Morgan fingerprint density at radius 2 is 1.90 bits per heavy atom. The number of benzene rings is 1. The van der Waals surface area contributed by atoms with Crippen LogP contribution in [0.5, 0.6) is 0 Å². The first-order chi connectivity index (χ1) is 13.9. The number of nitrogens with one attached hydrogen (secondary N) is 3. The van der Waals surface area contributed by atoms with Crippen LogP contribution >= 0.6 is 0 Å². The fourth-order valence-corrected chi connectivity index (χ4v) is 4.02. The van der Waals surface area contributed by atoms with E-state index in [9.17, 15) is 19.2 Å². The van der Waals surface area contributed by atoms with Crippen LogP contribution in [0.3, 0.4) is 0 Å². The second-order valence-electron chi connectivity index (χ2n) is 7.65. The molecule has 1 aliphatic carbocycles. The average molecular weight is 401 g/mol. The number of hydrogen-bond acceptors (Lipinski definition) is 5. The molecule has 1 spiro atoms. The fourth-order valence-electron chi connectivity index (χ4n) is 4.02. The maximum absolute atomic E-state index is 12.6. The molecule has 0 aromatic heterocycles. The topological polar surface area (TPSA) is 114 Å². The second kappa shape index (κ2) is 9.07. The molecule has 1 aromatic rings. The largest absolute Gasteiger partial charge is 0.466 e. The maximum atomic E-state index is 12.6. The highest BCUT2D eigenvalue weighted by Crippen LogP contribution is 2.34. The van der Waals surface area contributed by atoms with Gasteiger partial charge < -0.3 is 15.4 Å². The van der Waals surface area contributed by atoms with Gasteiger partial charge in [0.15, 0.2) is 0 Å². The molecule has 1 heterocycles. The van der Waals surface area contributed by atoms with Gasteiger partial charge in [0, 0.05) is 12.5 Å². The lowest BCUT2D eigenvalue weighted by Crippen LogP contribution is -2.51. The zero-order valence-corrected chi connectivity index (χ0v) is 16.5. The van der Waals surface area contributed by atoms with E-state index in [1.165, 1.54) is 0 Å². The third-order valence-electron chi connectivity index (χ3n) is 5.69. The summed E-state index contributed by atoms with van der Waals surface area (Å²) in [6.45, 7) is 2.24. The Hall–Kier alpha value is -2.90. The molecule has 3 rings (SSSR count). The molecule has 8 heteroatoms. The van der Waals surface area contributed by atoms with E-state index in [-0.39, 0.29) is 36.9 Å². The Labute approximate surface area is 169 Å². The number of imide groups is 1. The molecular weight excluding hydrogens is 374 g/mol. The molecule has 1 aliphatic heterocycles. The first-order valence-electron chi connectivity index (χ1n) is 10.1. The van der Waals surface area contributed by atoms with Gasteiger partial charge in [-0.05, 0) is 44.6 Å². The molecule has 29 heavy (non-hydrogen) atoms. The maximum Gasteiger partial charge on any atom is 0.322 e. The summed E-state index contributed by atoms with van der Waals surface area (Å²) in [7, 11) is 0. The summed E-state index contributed by atoms with van der Waals surface area (Å²) in [5.74, 6) is -1.48. The van der Waals surface area contributed by atoms with Crippen molar-refractivity contribution < 1.29 is 23.9 Å². The summed E-state index contributed by atoms with van der Waals surface area (Å²) in [4.78, 5) is 48.4. The van der Waals surface area contributed by atoms with E-state index < -0.39 is 17.5 Å². The van der Waals surface area contributed by atoms with Gasteiger partial charge in [-0.3, -0.25) is 19.7 Å². The van der Waals surface area contributed by atoms with Gasteiger partial charge in [0.1, 0.15) is 5.54 Å². The number of amides is 4. The number of hydrogen-bond donors (Lipinski definition) is 3. The first-order valence-corrected chi connectivity index (χ1v) is 10.1. The van der Waals surface area contributed by atoms with Gasteiger partial charge in [-0.25, -0.2) is 4.79 Å². The van der Waals surface area contributed by atoms with Gasteiger partial charge in [-0.2, -0.15) is 0 Å². The van der Waals surface area contributed by atoms with Crippen LogP contribution in [0.25, 0.3) is 0 Å². The molecule has 3 N–H and O–H groups in total. The van der Waals surface area contributed by atoms with Gasteiger partial charge >= 0.3 is 12.0 Å². The highest BCUT2D eigenvalue weighted by Gasteiger charge is 2.48. The first kappa shape index (κ1) is 20.8. The van der Waals surface area contributed by atoms with Crippen molar-refractivity contribution in [1.82, 2.24) is 16.0 Å². The van der Waals surface area contributed by atoms with Crippen LogP contribution in [-0.2, 0) is 25.5 Å². The zero-order valence-electron chi connectivity index (χ0n) is 16.5. The highest BCUT2D eigenvalue weighted by atomic mass is 16.5. The summed E-state index contributed by atoms with van der Waals surface area (Å²) < 4.78 is 5.16. The van der Waals surface area contributed by atoms with Crippen LogP contribution in [0.15, 0.2) is 30.3 Å². The minimum Gasteiger partial charge on any atom is -0.466 e. The lowest BCUT2D eigenvalue weighted by Gasteiger charge is -2.34. The molecule has 2 aliphatic rings. The van der Waals surface area contributed by atoms with Crippen molar-refractivity contribution in [1.29, 1.82) is 0 Å². The van der Waals surface area contributed by atoms with E-state index >= 15 is 0 Å². The average Bonchev–Trinajstić information content (AvgIpc) is 2.99. The third kappa shape index (κ3) is 4.93. The Kier molecular flexibility index (Phi) is 6.51. The van der Waals surface area contributed by atoms with Gasteiger partial charge in [0.2, 0.25) is 5.91 Å². The molecule has 2 fully saturated rings. The van der Waals surface area contributed by atoms with Gasteiger partial charge in [0.25, 0.3) is 5.91 Å². The molecule has 0 radical (unpaired) electrons. The molecule has 0 bridgehead atoms. The third-order valence-corrected chi connectivity index (χ3v) is 5.69. The zero-order chi connectivity index (χ0) is 20.9. The van der Waals surface area contributed by atoms with Crippen LogP contribution in [0.2, 0.25) is 0 Å². The Balaban J connectivity index is 1.54. The van der Waals surface area contributed by atoms with Crippen LogP contribution in [0.4, 0.5) is 4.79 Å². The quantitative estimate of drug-likeness (QED) is 0.471. The SMILES string of the molecule is CCOC(=O)C(CNC(=O)C1CCC2(CC1)NC(=O)NC2=O)Cc1ccccc1. The van der Waals surface area contributed by atoms with E-state index in [1.54, 1.807) is 6.92 Å². The summed E-state index contributed by atoms with van der Waals surface area (Å²) in [6, 6.07) is 9.13. The van der Waals surface area contributed by atoms with E-state index in [0.29, 0.717) is 32.1 Å². The monoisotopic (exact) mass is 401 g/mol. The Morgan fingerprint density at radius 1 is 1.21 bits per heavy atom. The van der Waals surface area contributed by atoms with E-state index in [0.717, 1.165) is 5.56 Å². The predicted molar refractivity (Wildman–Crippen MR) is 105 cm³/mol. The highest BCUT2D eigenvalue weighted by molar-refractivity contribution is 6.07. The molecular formula is C21H27N3O5. The number of urea groups is 1. The summed E-state index contributed by atoms with van der Waals surface area (Å²) in [6.07, 6.45) is 2.34. The number of carbonyl (C=O) groups excluding carboxylic acids is 4. The predicted octanol–water partition coefficient (Wildman–Crippen LogP) is 1.29. The van der Waals surface area contributed by atoms with Crippen molar-refractivity contribution in [2.24, 2.45) is 11.8 Å². The molecule has 4 amide bonds. The van der Waals surface area contributed by atoms with E-state index in [2.05, 4.69) is 16.0 Å².